The Kier molecular flexibility index (Phi) is 13.4. The number of halogens is 3. The Balaban J connectivity index is 1.50. The Morgan fingerprint density at radius 3 is 2.47 bits per heavy atom. The molecule has 1 fully saturated rings. The average Bonchev–Trinajstić information content (AvgIpc) is 3.00. The molecule has 0 radical (unpaired) electrons. The topological polar surface area (TPSA) is 150 Å². The maximum Gasteiger partial charge on any atom is 0.325 e. The van der Waals surface area contributed by atoms with Crippen molar-refractivity contribution in [2.75, 3.05) is 13.2 Å². The van der Waals surface area contributed by atoms with Crippen molar-refractivity contribution in [1.29, 1.82) is 0 Å². The minimum absolute atomic E-state index is 0.136. The number of aliphatic hydroxyl groups is 1. The van der Waals surface area contributed by atoms with E-state index in [1.54, 1.807) is 27.0 Å². The lowest BCUT2D eigenvalue weighted by molar-refractivity contribution is -0.152. The molecule has 2 unspecified atom stereocenters. The van der Waals surface area contributed by atoms with Gasteiger partial charge in [0.25, 0.3) is 5.91 Å². The van der Waals surface area contributed by atoms with Gasteiger partial charge in [0, 0.05) is 24.7 Å². The summed E-state index contributed by atoms with van der Waals surface area (Å²) in [5, 5.41) is 16.6. The molecule has 4 N–H and O–H groups in total. The molecular weight excluding hydrogens is 645 g/mol. The molecule has 1 aromatic heterocycles. The van der Waals surface area contributed by atoms with Gasteiger partial charge in [0.15, 0.2) is 0 Å². The van der Waals surface area contributed by atoms with Crippen LogP contribution in [0.15, 0.2) is 42.6 Å². The number of benzene rings is 1. The van der Waals surface area contributed by atoms with Crippen molar-refractivity contribution in [3.05, 3.63) is 53.7 Å². The third-order valence-corrected chi connectivity index (χ3v) is 7.57. The van der Waals surface area contributed by atoms with Gasteiger partial charge < -0.3 is 20.5 Å². The second kappa shape index (κ2) is 16.6. The molecule has 1 saturated heterocycles. The van der Waals surface area contributed by atoms with Crippen molar-refractivity contribution < 1.29 is 29.0 Å². The van der Waals surface area contributed by atoms with E-state index in [1.165, 1.54) is 11.9 Å². The Labute approximate surface area is 278 Å². The Morgan fingerprint density at radius 2 is 1.84 bits per heavy atom. The number of esters is 1. The van der Waals surface area contributed by atoms with Crippen molar-refractivity contribution in [2.24, 2.45) is 5.92 Å². The van der Waals surface area contributed by atoms with Crippen molar-refractivity contribution >= 4 is 58.5 Å². The molecule has 4 atom stereocenters. The minimum Gasteiger partial charge on any atom is -0.460 e. The van der Waals surface area contributed by atoms with Crippen molar-refractivity contribution in [1.82, 2.24) is 26.1 Å². The van der Waals surface area contributed by atoms with Crippen LogP contribution >= 0.6 is 34.8 Å². The van der Waals surface area contributed by atoms with Gasteiger partial charge in [-0.15, -0.1) is 0 Å². The molecule has 0 bridgehead atoms. The lowest BCUT2D eigenvalue weighted by Crippen LogP contribution is -2.61. The first-order chi connectivity index (χ1) is 21.1. The number of ether oxygens (including phenoxy) is 1. The maximum absolute atomic E-state index is 13.1. The predicted molar refractivity (Wildman–Crippen MR) is 172 cm³/mol. The Hall–Kier alpha value is -2.96. The number of hydrogen-bond donors (Lipinski definition) is 4. The zero-order chi connectivity index (χ0) is 33.3. The number of hydrazine groups is 1. The number of alkyl halides is 3. The number of amides is 3. The van der Waals surface area contributed by atoms with E-state index in [0.29, 0.717) is 25.8 Å². The summed E-state index contributed by atoms with van der Waals surface area (Å²) in [6, 6.07) is 8.66. The van der Waals surface area contributed by atoms with Crippen molar-refractivity contribution in [3.8, 4) is 11.3 Å². The smallest absolute Gasteiger partial charge is 0.325 e. The molecule has 3 rings (SSSR count). The normalized spacial score (nSPS) is 17.3. The molecule has 3 amide bonds. The number of nitrogens with one attached hydrogen (secondary N) is 3. The number of aromatic nitrogens is 1. The van der Waals surface area contributed by atoms with Gasteiger partial charge in [0.2, 0.25) is 15.6 Å². The summed E-state index contributed by atoms with van der Waals surface area (Å²) in [5.41, 5.74) is 6.11. The van der Waals surface area contributed by atoms with Crippen LogP contribution in [-0.2, 0) is 30.3 Å². The van der Waals surface area contributed by atoms with Crippen molar-refractivity contribution in [2.45, 2.75) is 81.4 Å². The fourth-order valence-corrected chi connectivity index (χ4v) is 4.87. The SMILES string of the molecule is CC(C)C(NC(=O)CCc1ccc(-c2cccc([C@@H](C)O)c2)nc1)C(=O)N[C@@H](C)C(=O)N1CCCC(C(=O)OCC(Cl)(Cl)Cl)N1. The highest BCUT2D eigenvalue weighted by molar-refractivity contribution is 6.67. The molecule has 1 aliphatic heterocycles. The third-order valence-electron chi connectivity index (χ3n) is 7.24. The van der Waals surface area contributed by atoms with E-state index in [4.69, 9.17) is 39.5 Å². The lowest BCUT2D eigenvalue weighted by Gasteiger charge is -2.34. The van der Waals surface area contributed by atoms with E-state index >= 15 is 0 Å². The van der Waals surface area contributed by atoms with Gasteiger partial charge in [-0.1, -0.05) is 72.9 Å². The van der Waals surface area contributed by atoms with E-state index in [9.17, 15) is 24.3 Å². The van der Waals surface area contributed by atoms with Crippen LogP contribution in [0.2, 0.25) is 0 Å². The first-order valence-electron chi connectivity index (χ1n) is 14.8. The van der Waals surface area contributed by atoms with E-state index < -0.39 is 52.4 Å². The van der Waals surface area contributed by atoms with Gasteiger partial charge in [0.05, 0.1) is 11.8 Å². The van der Waals surface area contributed by atoms with E-state index in [-0.39, 0.29) is 18.2 Å². The second-order valence-electron chi connectivity index (χ2n) is 11.4. The zero-order valence-corrected chi connectivity index (χ0v) is 28.0. The highest BCUT2D eigenvalue weighted by Crippen LogP contribution is 2.26. The first-order valence-corrected chi connectivity index (χ1v) is 15.9. The fourth-order valence-electron chi connectivity index (χ4n) is 4.71. The first kappa shape index (κ1) is 36.5. The molecule has 2 heterocycles. The van der Waals surface area contributed by atoms with Gasteiger partial charge in [-0.05, 0) is 62.3 Å². The molecule has 0 spiro atoms. The van der Waals surface area contributed by atoms with Gasteiger partial charge in [-0.2, -0.15) is 0 Å². The highest BCUT2D eigenvalue weighted by atomic mass is 35.6. The number of pyridine rings is 1. The Bertz CT molecular complexity index is 1340. The average molecular weight is 685 g/mol. The number of aliphatic hydroxyl groups excluding tert-OH is 1. The number of carbonyl (C=O) groups excluding carboxylic acids is 4. The summed E-state index contributed by atoms with van der Waals surface area (Å²) in [4.78, 5) is 55.9. The zero-order valence-electron chi connectivity index (χ0n) is 25.7. The van der Waals surface area contributed by atoms with Crippen LogP contribution < -0.4 is 16.1 Å². The van der Waals surface area contributed by atoms with Gasteiger partial charge in [-0.3, -0.25) is 29.2 Å². The number of nitrogens with zero attached hydrogens (tertiary/aromatic N) is 2. The molecule has 45 heavy (non-hydrogen) atoms. The van der Waals surface area contributed by atoms with E-state index in [1.807, 2.05) is 36.4 Å². The fraction of sp³-hybridized carbons (Fsp3) is 0.516. The number of aryl methyl sites for hydroxylation is 1. The molecule has 1 aliphatic rings. The molecule has 246 valence electrons. The largest absolute Gasteiger partial charge is 0.460 e. The number of hydrogen-bond acceptors (Lipinski definition) is 8. The number of carbonyl (C=O) groups is 4. The molecular formula is C31H40Cl3N5O6. The molecule has 0 aliphatic carbocycles. The summed E-state index contributed by atoms with van der Waals surface area (Å²) < 4.78 is 3.27. The summed E-state index contributed by atoms with van der Waals surface area (Å²) in [6.07, 6.45) is 2.62. The van der Waals surface area contributed by atoms with Crippen LogP contribution in [0.3, 0.4) is 0 Å². The molecule has 0 saturated carbocycles. The summed E-state index contributed by atoms with van der Waals surface area (Å²) >= 11 is 16.9. The maximum atomic E-state index is 13.1. The van der Waals surface area contributed by atoms with Crippen molar-refractivity contribution in [3.63, 3.8) is 0 Å². The standard InChI is InChI=1S/C31H40Cl3N5O6/c1-18(2)27(28(42)36-19(3)29(43)39-14-6-9-25(38-39)30(44)45-17-31(32,33)34)37-26(41)13-11-21-10-12-24(35-16-21)23-8-5-7-22(15-23)20(4)40/h5,7-8,10,12,15-16,18-20,25,27,38,40H,6,9,11,13-14,17H2,1-4H3,(H,36,42)(H,37,41)/t19-,20+,25?,27?/m0/s1. The van der Waals surface area contributed by atoms with Gasteiger partial charge >= 0.3 is 5.97 Å². The molecule has 11 nitrogen and oxygen atoms in total. The quantitative estimate of drug-likeness (QED) is 0.195. The molecule has 14 heteroatoms. The Morgan fingerprint density at radius 1 is 1.11 bits per heavy atom. The van der Waals surface area contributed by atoms with Crippen LogP contribution in [0.1, 0.15) is 64.2 Å². The van der Waals surface area contributed by atoms with Crippen LogP contribution in [0.5, 0.6) is 0 Å². The van der Waals surface area contributed by atoms with E-state index in [2.05, 4.69) is 21.0 Å². The lowest BCUT2D eigenvalue weighted by atomic mass is 10.0. The monoisotopic (exact) mass is 683 g/mol. The highest BCUT2D eigenvalue weighted by Gasteiger charge is 2.34. The second-order valence-corrected chi connectivity index (χ2v) is 13.9. The molecule has 1 aromatic carbocycles. The summed E-state index contributed by atoms with van der Waals surface area (Å²) in [6.45, 7) is 6.72. The summed E-state index contributed by atoms with van der Waals surface area (Å²) in [5.74, 6) is -2.18. The third kappa shape index (κ3) is 11.4. The van der Waals surface area contributed by atoms with E-state index in [0.717, 1.165) is 22.4 Å². The van der Waals surface area contributed by atoms with Crippen LogP contribution in [0.4, 0.5) is 0 Å². The summed E-state index contributed by atoms with van der Waals surface area (Å²) in [7, 11) is 0. The predicted octanol–water partition coefficient (Wildman–Crippen LogP) is 3.79. The molecule has 2 aromatic rings. The van der Waals surface area contributed by atoms with Gasteiger partial charge in [-0.25, -0.2) is 5.43 Å². The van der Waals surface area contributed by atoms with Crippen LogP contribution in [0, 0.1) is 5.92 Å². The minimum atomic E-state index is -1.75. The van der Waals surface area contributed by atoms with Gasteiger partial charge in [0.1, 0.15) is 24.7 Å². The van der Waals surface area contributed by atoms with Crippen LogP contribution in [0.25, 0.3) is 11.3 Å². The van der Waals surface area contributed by atoms with Crippen LogP contribution in [-0.4, -0.2) is 73.9 Å². The number of rotatable bonds is 12.